The molecule has 1 aromatic carbocycles. The smallest absolute Gasteiger partial charge is 0.124 e. The standard InChI is InChI=1S/C14H21NO2/c1-10(15)9-11-5-7-12(8-6-11)17-14-4-2-3-13(14)16/h5-8,10,13-14,16H,2-4,9,15H2,1H3. The molecule has 2 rings (SSSR count). The van der Waals surface area contributed by atoms with Gasteiger partial charge in [0.1, 0.15) is 11.9 Å². The Kier molecular flexibility index (Phi) is 4.02. The van der Waals surface area contributed by atoms with E-state index >= 15 is 0 Å². The highest BCUT2D eigenvalue weighted by molar-refractivity contribution is 5.28. The molecule has 0 saturated heterocycles. The molecule has 1 saturated carbocycles. The zero-order valence-electron chi connectivity index (χ0n) is 10.3. The summed E-state index contributed by atoms with van der Waals surface area (Å²) in [6, 6.07) is 8.18. The quantitative estimate of drug-likeness (QED) is 0.837. The Labute approximate surface area is 103 Å². The average molecular weight is 235 g/mol. The van der Waals surface area contributed by atoms with Gasteiger partial charge in [0.05, 0.1) is 6.10 Å². The van der Waals surface area contributed by atoms with E-state index in [-0.39, 0.29) is 18.2 Å². The monoisotopic (exact) mass is 235 g/mol. The lowest BCUT2D eigenvalue weighted by Gasteiger charge is -2.17. The summed E-state index contributed by atoms with van der Waals surface area (Å²) in [5.41, 5.74) is 6.97. The lowest BCUT2D eigenvalue weighted by atomic mass is 10.1. The van der Waals surface area contributed by atoms with Crippen molar-refractivity contribution in [1.29, 1.82) is 0 Å². The third-order valence-corrected chi connectivity index (χ3v) is 3.19. The van der Waals surface area contributed by atoms with Gasteiger partial charge in [-0.05, 0) is 50.3 Å². The molecule has 0 aromatic heterocycles. The molecule has 1 aliphatic carbocycles. The summed E-state index contributed by atoms with van der Waals surface area (Å²) in [5.74, 6) is 0.837. The maximum Gasteiger partial charge on any atom is 0.124 e. The van der Waals surface area contributed by atoms with Gasteiger partial charge in [0, 0.05) is 6.04 Å². The summed E-state index contributed by atoms with van der Waals surface area (Å²) in [7, 11) is 0. The first-order chi connectivity index (χ1) is 8.15. The summed E-state index contributed by atoms with van der Waals surface area (Å²) >= 11 is 0. The van der Waals surface area contributed by atoms with E-state index in [0.717, 1.165) is 31.4 Å². The maximum atomic E-state index is 9.68. The zero-order valence-corrected chi connectivity index (χ0v) is 10.3. The molecule has 94 valence electrons. The van der Waals surface area contributed by atoms with Gasteiger partial charge in [0.25, 0.3) is 0 Å². The first-order valence-electron chi connectivity index (χ1n) is 6.34. The van der Waals surface area contributed by atoms with Crippen LogP contribution in [0.3, 0.4) is 0 Å². The van der Waals surface area contributed by atoms with E-state index in [1.165, 1.54) is 5.56 Å². The summed E-state index contributed by atoms with van der Waals surface area (Å²) in [4.78, 5) is 0. The number of nitrogens with two attached hydrogens (primary N) is 1. The predicted molar refractivity (Wildman–Crippen MR) is 68.1 cm³/mol. The fourth-order valence-corrected chi connectivity index (χ4v) is 2.29. The fraction of sp³-hybridized carbons (Fsp3) is 0.571. The Bertz CT molecular complexity index is 348. The molecular weight excluding hydrogens is 214 g/mol. The lowest BCUT2D eigenvalue weighted by molar-refractivity contribution is 0.0604. The molecule has 0 amide bonds. The normalized spacial score (nSPS) is 25.8. The van der Waals surface area contributed by atoms with Gasteiger partial charge in [-0.25, -0.2) is 0 Å². The van der Waals surface area contributed by atoms with Crippen molar-refractivity contribution in [3.05, 3.63) is 29.8 Å². The molecule has 1 aliphatic rings. The van der Waals surface area contributed by atoms with Gasteiger partial charge in [-0.1, -0.05) is 12.1 Å². The molecule has 0 bridgehead atoms. The van der Waals surface area contributed by atoms with Gasteiger partial charge in [-0.3, -0.25) is 0 Å². The van der Waals surface area contributed by atoms with Crippen LogP contribution in [0.5, 0.6) is 5.75 Å². The van der Waals surface area contributed by atoms with Crippen LogP contribution in [0.4, 0.5) is 0 Å². The minimum Gasteiger partial charge on any atom is -0.488 e. The number of hydrogen-bond donors (Lipinski definition) is 2. The van der Waals surface area contributed by atoms with Gasteiger partial charge in [-0.2, -0.15) is 0 Å². The highest BCUT2D eigenvalue weighted by Crippen LogP contribution is 2.24. The number of benzene rings is 1. The second-order valence-corrected chi connectivity index (χ2v) is 4.98. The molecule has 0 heterocycles. The summed E-state index contributed by atoms with van der Waals surface area (Å²) in [6.07, 6.45) is 3.39. The van der Waals surface area contributed by atoms with E-state index in [1.54, 1.807) is 0 Å². The Hall–Kier alpha value is -1.06. The van der Waals surface area contributed by atoms with Crippen molar-refractivity contribution >= 4 is 0 Å². The van der Waals surface area contributed by atoms with Gasteiger partial charge < -0.3 is 15.6 Å². The first-order valence-corrected chi connectivity index (χ1v) is 6.34. The van der Waals surface area contributed by atoms with E-state index in [9.17, 15) is 5.11 Å². The van der Waals surface area contributed by atoms with Crippen LogP contribution < -0.4 is 10.5 Å². The minimum absolute atomic E-state index is 0.0331. The topological polar surface area (TPSA) is 55.5 Å². The molecule has 0 aliphatic heterocycles. The third kappa shape index (κ3) is 3.45. The van der Waals surface area contributed by atoms with Crippen LogP contribution in [-0.4, -0.2) is 23.4 Å². The van der Waals surface area contributed by atoms with Gasteiger partial charge in [-0.15, -0.1) is 0 Å². The fourth-order valence-electron chi connectivity index (χ4n) is 2.29. The van der Waals surface area contributed by atoms with Crippen LogP contribution in [0.2, 0.25) is 0 Å². The van der Waals surface area contributed by atoms with E-state index in [2.05, 4.69) is 0 Å². The van der Waals surface area contributed by atoms with Gasteiger partial charge >= 0.3 is 0 Å². The average Bonchev–Trinajstić information content (AvgIpc) is 2.67. The van der Waals surface area contributed by atoms with Crippen molar-refractivity contribution in [3.8, 4) is 5.75 Å². The molecule has 0 radical (unpaired) electrons. The zero-order chi connectivity index (χ0) is 12.3. The van der Waals surface area contributed by atoms with Gasteiger partial charge in [0.15, 0.2) is 0 Å². The van der Waals surface area contributed by atoms with Crippen molar-refractivity contribution in [2.75, 3.05) is 0 Å². The second kappa shape index (κ2) is 5.52. The Morgan fingerprint density at radius 1 is 1.35 bits per heavy atom. The molecule has 3 atom stereocenters. The highest BCUT2D eigenvalue weighted by Gasteiger charge is 2.26. The van der Waals surface area contributed by atoms with Crippen LogP contribution >= 0.6 is 0 Å². The largest absolute Gasteiger partial charge is 0.488 e. The van der Waals surface area contributed by atoms with E-state index in [0.29, 0.717) is 0 Å². The maximum absolute atomic E-state index is 9.68. The van der Waals surface area contributed by atoms with Crippen molar-refractivity contribution in [3.63, 3.8) is 0 Å². The molecular formula is C14H21NO2. The Morgan fingerprint density at radius 2 is 2.06 bits per heavy atom. The number of rotatable bonds is 4. The predicted octanol–water partition coefficient (Wildman–Crippen LogP) is 1.87. The second-order valence-electron chi connectivity index (χ2n) is 4.98. The van der Waals surface area contributed by atoms with Crippen LogP contribution in [0, 0.1) is 0 Å². The van der Waals surface area contributed by atoms with E-state index in [4.69, 9.17) is 10.5 Å². The van der Waals surface area contributed by atoms with Crippen LogP contribution in [0.15, 0.2) is 24.3 Å². The van der Waals surface area contributed by atoms with Crippen molar-refractivity contribution in [1.82, 2.24) is 0 Å². The third-order valence-electron chi connectivity index (χ3n) is 3.19. The molecule has 3 nitrogen and oxygen atoms in total. The molecule has 1 fully saturated rings. The number of aliphatic hydroxyl groups is 1. The van der Waals surface area contributed by atoms with E-state index < -0.39 is 0 Å². The molecule has 3 N–H and O–H groups in total. The Balaban J connectivity index is 1.93. The van der Waals surface area contributed by atoms with E-state index in [1.807, 2.05) is 31.2 Å². The van der Waals surface area contributed by atoms with Crippen molar-refractivity contribution in [2.24, 2.45) is 5.73 Å². The number of ether oxygens (including phenoxy) is 1. The summed E-state index contributed by atoms with van der Waals surface area (Å²) in [6.45, 7) is 2.00. The lowest BCUT2D eigenvalue weighted by Crippen LogP contribution is -2.25. The highest BCUT2D eigenvalue weighted by atomic mass is 16.5. The summed E-state index contributed by atoms with van der Waals surface area (Å²) in [5, 5.41) is 9.68. The number of hydrogen-bond acceptors (Lipinski definition) is 3. The van der Waals surface area contributed by atoms with Crippen LogP contribution in [0.25, 0.3) is 0 Å². The van der Waals surface area contributed by atoms with Gasteiger partial charge in [0.2, 0.25) is 0 Å². The SMILES string of the molecule is CC(N)Cc1ccc(OC2CCCC2O)cc1. The van der Waals surface area contributed by atoms with Crippen LogP contribution in [0.1, 0.15) is 31.7 Å². The molecule has 3 heteroatoms. The Morgan fingerprint density at radius 3 is 2.59 bits per heavy atom. The van der Waals surface area contributed by atoms with Crippen molar-refractivity contribution in [2.45, 2.75) is 50.9 Å². The van der Waals surface area contributed by atoms with Crippen molar-refractivity contribution < 1.29 is 9.84 Å². The minimum atomic E-state index is -0.307. The first kappa shape index (κ1) is 12.4. The molecule has 17 heavy (non-hydrogen) atoms. The summed E-state index contributed by atoms with van der Waals surface area (Å²) < 4.78 is 5.77. The molecule has 3 unspecified atom stereocenters. The number of aliphatic hydroxyl groups excluding tert-OH is 1. The molecule has 0 spiro atoms. The van der Waals surface area contributed by atoms with Crippen LogP contribution in [-0.2, 0) is 6.42 Å². The molecule has 1 aromatic rings.